The molecule has 1 saturated heterocycles. The van der Waals surface area contributed by atoms with Crippen LogP contribution in [0.2, 0.25) is 0 Å². The molecule has 0 radical (unpaired) electrons. The Morgan fingerprint density at radius 3 is 2.23 bits per heavy atom. The first-order valence-corrected chi connectivity index (χ1v) is 13.3. The van der Waals surface area contributed by atoms with Gasteiger partial charge in [-0.25, -0.2) is 9.69 Å². The van der Waals surface area contributed by atoms with E-state index in [9.17, 15) is 19.2 Å². The molecular formula is C31H39N3O5. The van der Waals surface area contributed by atoms with Crippen molar-refractivity contribution in [3.8, 4) is 0 Å². The second kappa shape index (κ2) is 12.3. The molecule has 2 N–H and O–H groups in total. The van der Waals surface area contributed by atoms with Gasteiger partial charge < -0.3 is 15.3 Å². The van der Waals surface area contributed by atoms with E-state index in [4.69, 9.17) is 5.11 Å². The Morgan fingerprint density at radius 1 is 1.00 bits per heavy atom. The van der Waals surface area contributed by atoms with Gasteiger partial charge in [0.2, 0.25) is 5.91 Å². The Labute approximate surface area is 230 Å². The van der Waals surface area contributed by atoms with Crippen LogP contribution in [0.25, 0.3) is 12.2 Å². The number of aliphatic carboxylic acids is 1. The molecule has 0 unspecified atom stereocenters. The molecule has 0 saturated carbocycles. The molecular weight excluding hydrogens is 494 g/mol. The van der Waals surface area contributed by atoms with Gasteiger partial charge in [-0.1, -0.05) is 74.5 Å². The zero-order valence-corrected chi connectivity index (χ0v) is 23.6. The first-order valence-electron chi connectivity index (χ1n) is 13.3. The molecule has 2 aromatic carbocycles. The summed E-state index contributed by atoms with van der Waals surface area (Å²) in [5, 5.41) is 11.7. The molecule has 8 heteroatoms. The Morgan fingerprint density at radius 2 is 1.64 bits per heavy atom. The van der Waals surface area contributed by atoms with Crippen LogP contribution in [-0.2, 0) is 20.9 Å². The maximum absolute atomic E-state index is 13.6. The number of carboxylic acids is 1. The van der Waals surface area contributed by atoms with Crippen molar-refractivity contribution in [2.45, 2.75) is 78.6 Å². The number of rotatable bonds is 11. The fourth-order valence-electron chi connectivity index (χ4n) is 4.71. The lowest BCUT2D eigenvalue weighted by Crippen LogP contribution is -2.53. The van der Waals surface area contributed by atoms with Crippen molar-refractivity contribution in [1.29, 1.82) is 0 Å². The normalized spacial score (nSPS) is 16.7. The minimum Gasteiger partial charge on any atom is -0.481 e. The van der Waals surface area contributed by atoms with Crippen molar-refractivity contribution in [2.75, 3.05) is 0 Å². The van der Waals surface area contributed by atoms with E-state index in [1.165, 1.54) is 10.5 Å². The quantitative estimate of drug-likeness (QED) is 0.309. The van der Waals surface area contributed by atoms with Crippen LogP contribution in [0.15, 0.2) is 48.5 Å². The number of nitrogens with zero attached hydrogens (tertiary/aromatic N) is 2. The number of urea groups is 1. The lowest BCUT2D eigenvalue weighted by atomic mass is 9.99. The molecule has 3 rings (SSSR count). The number of benzene rings is 2. The van der Waals surface area contributed by atoms with Crippen molar-refractivity contribution in [2.24, 2.45) is 5.92 Å². The molecule has 39 heavy (non-hydrogen) atoms. The molecule has 8 nitrogen and oxygen atoms in total. The lowest BCUT2D eigenvalue weighted by Gasteiger charge is -2.28. The van der Waals surface area contributed by atoms with Gasteiger partial charge in [-0.3, -0.25) is 14.4 Å². The number of hydrogen-bond acceptors (Lipinski definition) is 4. The van der Waals surface area contributed by atoms with Crippen molar-refractivity contribution < 1.29 is 24.3 Å². The summed E-state index contributed by atoms with van der Waals surface area (Å²) in [7, 11) is 0. The van der Waals surface area contributed by atoms with Crippen molar-refractivity contribution in [3.05, 3.63) is 70.8 Å². The summed E-state index contributed by atoms with van der Waals surface area (Å²) in [6, 6.07) is 13.7. The van der Waals surface area contributed by atoms with Gasteiger partial charge in [-0.15, -0.1) is 0 Å². The summed E-state index contributed by atoms with van der Waals surface area (Å²) >= 11 is 0. The number of amides is 4. The summed E-state index contributed by atoms with van der Waals surface area (Å²) in [5.74, 6) is -1.99. The van der Waals surface area contributed by atoms with Gasteiger partial charge in [0.15, 0.2) is 0 Å². The first-order chi connectivity index (χ1) is 18.3. The number of hydrogen-bond donors (Lipinski definition) is 2. The minimum absolute atomic E-state index is 0.0218. The minimum atomic E-state index is -1.15. The van der Waals surface area contributed by atoms with E-state index in [2.05, 4.69) is 30.4 Å². The van der Waals surface area contributed by atoms with Crippen LogP contribution < -0.4 is 5.32 Å². The summed E-state index contributed by atoms with van der Waals surface area (Å²) < 4.78 is 0. The zero-order valence-electron chi connectivity index (χ0n) is 23.6. The first kappa shape index (κ1) is 29.6. The Balaban J connectivity index is 1.79. The van der Waals surface area contributed by atoms with E-state index in [0.717, 1.165) is 21.6 Å². The highest BCUT2D eigenvalue weighted by Gasteiger charge is 2.54. The highest BCUT2D eigenvalue weighted by molar-refractivity contribution is 6.09. The molecule has 1 fully saturated rings. The summed E-state index contributed by atoms with van der Waals surface area (Å²) in [6.45, 7) is 11.0. The number of nitrogens with one attached hydrogen (secondary N) is 1. The van der Waals surface area contributed by atoms with Gasteiger partial charge in [-0.2, -0.15) is 0 Å². The molecule has 0 aromatic heterocycles. The summed E-state index contributed by atoms with van der Waals surface area (Å²) in [4.78, 5) is 53.9. The van der Waals surface area contributed by atoms with E-state index >= 15 is 0 Å². The third-order valence-electron chi connectivity index (χ3n) is 7.00. The zero-order chi connectivity index (χ0) is 28.9. The van der Waals surface area contributed by atoms with Crippen LogP contribution in [0.3, 0.4) is 0 Å². The van der Waals surface area contributed by atoms with Crippen LogP contribution in [0.4, 0.5) is 4.79 Å². The smallest absolute Gasteiger partial charge is 0.328 e. The monoisotopic (exact) mass is 533 g/mol. The number of carbonyl (C=O) groups excluding carboxylic acids is 3. The highest BCUT2D eigenvalue weighted by Crippen LogP contribution is 2.32. The van der Waals surface area contributed by atoms with Crippen LogP contribution in [-0.4, -0.2) is 56.3 Å². The van der Waals surface area contributed by atoms with Gasteiger partial charge in [-0.05, 0) is 62.3 Å². The maximum Gasteiger partial charge on any atom is 0.328 e. The molecule has 2 aromatic rings. The molecule has 0 bridgehead atoms. The van der Waals surface area contributed by atoms with Gasteiger partial charge in [0.05, 0.1) is 6.42 Å². The SMILES string of the molecule is Cc1ccccc1C=Cc1ccc(CN2C(=O)N([C@@H](CC(C)C)C(=O)N[C@H](C)CC(=O)O)C(=O)C2(C)C)cc1. The second-order valence-corrected chi connectivity index (χ2v) is 11.2. The standard InChI is InChI=1S/C31H39N3O5/c1-20(2)17-26(28(37)32-22(4)18-27(35)36)34-29(38)31(5,6)33(30(34)39)19-24-13-11-23(12-14-24)15-16-25-10-8-7-9-21(25)3/h7-16,20,22,26H,17-19H2,1-6H3,(H,32,37)(H,35,36)/t22-,26+/m1/s1. The number of aryl methyl sites for hydroxylation is 1. The van der Waals surface area contributed by atoms with Crippen molar-refractivity contribution >= 4 is 36.0 Å². The lowest BCUT2D eigenvalue weighted by molar-refractivity contribution is -0.140. The molecule has 1 aliphatic rings. The topological polar surface area (TPSA) is 107 Å². The van der Waals surface area contributed by atoms with E-state index < -0.39 is 41.4 Å². The summed E-state index contributed by atoms with van der Waals surface area (Å²) in [6.07, 6.45) is 4.11. The van der Waals surface area contributed by atoms with Gasteiger partial charge in [0.1, 0.15) is 11.6 Å². The third-order valence-corrected chi connectivity index (χ3v) is 7.00. The Kier molecular flexibility index (Phi) is 9.32. The predicted octanol–water partition coefficient (Wildman–Crippen LogP) is 5.10. The van der Waals surface area contributed by atoms with Crippen molar-refractivity contribution in [3.63, 3.8) is 0 Å². The van der Waals surface area contributed by atoms with Crippen LogP contribution in [0.1, 0.15) is 69.7 Å². The largest absolute Gasteiger partial charge is 0.481 e. The molecule has 1 heterocycles. The number of imide groups is 1. The maximum atomic E-state index is 13.6. The van der Waals surface area contributed by atoms with Gasteiger partial charge in [0, 0.05) is 12.6 Å². The Hall–Kier alpha value is -3.94. The van der Waals surface area contributed by atoms with Gasteiger partial charge >= 0.3 is 12.0 Å². The highest BCUT2D eigenvalue weighted by atomic mass is 16.4. The number of carboxylic acid groups (broad SMARTS) is 1. The predicted molar refractivity (Wildman–Crippen MR) is 152 cm³/mol. The molecule has 0 aliphatic carbocycles. The summed E-state index contributed by atoms with van der Waals surface area (Å²) in [5.41, 5.74) is 3.05. The fourth-order valence-corrected chi connectivity index (χ4v) is 4.71. The molecule has 0 spiro atoms. The van der Waals surface area contributed by atoms with Gasteiger partial charge in [0.25, 0.3) is 5.91 Å². The van der Waals surface area contributed by atoms with E-state index in [-0.39, 0.29) is 25.3 Å². The Bertz CT molecular complexity index is 1250. The van der Waals surface area contributed by atoms with Crippen LogP contribution in [0, 0.1) is 12.8 Å². The van der Waals surface area contributed by atoms with Crippen molar-refractivity contribution in [1.82, 2.24) is 15.1 Å². The van der Waals surface area contributed by atoms with E-state index in [1.54, 1.807) is 20.8 Å². The second-order valence-electron chi connectivity index (χ2n) is 11.2. The van der Waals surface area contributed by atoms with Crippen LogP contribution >= 0.6 is 0 Å². The number of carbonyl (C=O) groups is 4. The van der Waals surface area contributed by atoms with E-state index in [1.807, 2.05) is 56.3 Å². The van der Waals surface area contributed by atoms with Crippen LogP contribution in [0.5, 0.6) is 0 Å². The average molecular weight is 534 g/mol. The molecule has 208 valence electrons. The third kappa shape index (κ3) is 7.13. The van der Waals surface area contributed by atoms with E-state index in [0.29, 0.717) is 0 Å². The molecule has 4 amide bonds. The molecule has 2 atom stereocenters. The fraction of sp³-hybridized carbons (Fsp3) is 0.419. The average Bonchev–Trinajstić information content (AvgIpc) is 3.01. The molecule has 1 aliphatic heterocycles.